The average Bonchev–Trinajstić information content (AvgIpc) is 2.47. The first kappa shape index (κ1) is 13.9. The first-order valence-corrected chi connectivity index (χ1v) is 7.05. The SMILES string of the molecule is CCN(CC)C(=O)N1CCC(NC)c2ccccc21. The molecule has 1 heterocycles. The molecule has 0 aromatic heterocycles. The van der Waals surface area contributed by atoms with Crippen LogP contribution in [0.1, 0.15) is 31.9 Å². The number of carbonyl (C=O) groups is 1. The second-order valence-corrected chi connectivity index (χ2v) is 4.80. The van der Waals surface area contributed by atoms with Gasteiger partial charge >= 0.3 is 6.03 Å². The van der Waals surface area contributed by atoms with Gasteiger partial charge in [0.05, 0.1) is 5.69 Å². The number of carbonyl (C=O) groups excluding carboxylic acids is 1. The van der Waals surface area contributed by atoms with Crippen LogP contribution in [-0.2, 0) is 0 Å². The van der Waals surface area contributed by atoms with E-state index in [0.29, 0.717) is 6.04 Å². The summed E-state index contributed by atoms with van der Waals surface area (Å²) in [5.41, 5.74) is 2.27. The number of hydrogen-bond donors (Lipinski definition) is 1. The molecule has 1 aliphatic rings. The normalized spacial score (nSPS) is 18.1. The maximum Gasteiger partial charge on any atom is 0.324 e. The predicted molar refractivity (Wildman–Crippen MR) is 78.5 cm³/mol. The second-order valence-electron chi connectivity index (χ2n) is 4.80. The number of hydrogen-bond acceptors (Lipinski definition) is 2. The molecule has 2 rings (SSSR count). The van der Waals surface area contributed by atoms with Gasteiger partial charge in [0.25, 0.3) is 0 Å². The summed E-state index contributed by atoms with van der Waals surface area (Å²) in [5, 5.41) is 3.33. The van der Waals surface area contributed by atoms with E-state index in [0.717, 1.165) is 31.7 Å². The monoisotopic (exact) mass is 261 g/mol. The molecule has 1 aromatic rings. The molecule has 4 heteroatoms. The number of fused-ring (bicyclic) bond motifs is 1. The Bertz CT molecular complexity index is 443. The van der Waals surface area contributed by atoms with Crippen molar-refractivity contribution in [3.8, 4) is 0 Å². The summed E-state index contributed by atoms with van der Waals surface area (Å²) < 4.78 is 0. The van der Waals surface area contributed by atoms with Crippen molar-refractivity contribution in [1.82, 2.24) is 10.2 Å². The van der Waals surface area contributed by atoms with Crippen LogP contribution in [0.25, 0.3) is 0 Å². The fourth-order valence-corrected chi connectivity index (χ4v) is 2.73. The second kappa shape index (κ2) is 6.06. The van der Waals surface area contributed by atoms with Crippen LogP contribution in [0, 0.1) is 0 Å². The minimum Gasteiger partial charge on any atom is -0.325 e. The van der Waals surface area contributed by atoms with Gasteiger partial charge in [-0.15, -0.1) is 0 Å². The van der Waals surface area contributed by atoms with Crippen LogP contribution in [-0.4, -0.2) is 37.6 Å². The van der Waals surface area contributed by atoms with E-state index in [1.54, 1.807) is 0 Å². The maximum absolute atomic E-state index is 12.5. The lowest BCUT2D eigenvalue weighted by Gasteiger charge is -2.36. The fraction of sp³-hybridized carbons (Fsp3) is 0.533. The van der Waals surface area contributed by atoms with Gasteiger partial charge in [-0.25, -0.2) is 4.79 Å². The zero-order chi connectivity index (χ0) is 13.8. The third kappa shape index (κ3) is 2.59. The molecule has 0 saturated heterocycles. The standard InChI is InChI=1S/C15H23N3O/c1-4-17(5-2)15(19)18-11-10-13(16-3)12-8-6-7-9-14(12)18/h6-9,13,16H,4-5,10-11H2,1-3H3. The van der Waals surface area contributed by atoms with Crippen LogP contribution in [0.15, 0.2) is 24.3 Å². The number of nitrogens with one attached hydrogen (secondary N) is 1. The Morgan fingerprint density at radius 2 is 2.05 bits per heavy atom. The lowest BCUT2D eigenvalue weighted by molar-refractivity contribution is 0.209. The zero-order valence-electron chi connectivity index (χ0n) is 12.0. The molecule has 1 N–H and O–H groups in total. The van der Waals surface area contributed by atoms with Crippen molar-refractivity contribution in [3.63, 3.8) is 0 Å². The maximum atomic E-state index is 12.5. The largest absolute Gasteiger partial charge is 0.325 e. The molecule has 0 saturated carbocycles. The van der Waals surface area contributed by atoms with E-state index in [1.807, 2.05) is 48.9 Å². The molecule has 104 valence electrons. The van der Waals surface area contributed by atoms with E-state index >= 15 is 0 Å². The Balaban J connectivity index is 2.31. The molecular formula is C15H23N3O. The smallest absolute Gasteiger partial charge is 0.324 e. The molecule has 0 fully saturated rings. The molecule has 1 aromatic carbocycles. The van der Waals surface area contributed by atoms with E-state index in [1.165, 1.54) is 5.56 Å². The molecule has 0 spiro atoms. The van der Waals surface area contributed by atoms with E-state index in [9.17, 15) is 4.79 Å². The van der Waals surface area contributed by atoms with Crippen molar-refractivity contribution in [1.29, 1.82) is 0 Å². The first-order chi connectivity index (χ1) is 9.22. The number of urea groups is 1. The lowest BCUT2D eigenvalue weighted by Crippen LogP contribution is -2.46. The highest BCUT2D eigenvalue weighted by Crippen LogP contribution is 2.33. The minimum absolute atomic E-state index is 0.118. The minimum atomic E-state index is 0.118. The lowest BCUT2D eigenvalue weighted by atomic mass is 9.97. The van der Waals surface area contributed by atoms with E-state index in [4.69, 9.17) is 0 Å². The molecule has 1 unspecified atom stereocenters. The van der Waals surface area contributed by atoms with Crippen molar-refractivity contribution >= 4 is 11.7 Å². The summed E-state index contributed by atoms with van der Waals surface area (Å²) in [5.74, 6) is 0. The zero-order valence-corrected chi connectivity index (χ0v) is 12.0. The number of para-hydroxylation sites is 1. The molecule has 4 nitrogen and oxygen atoms in total. The van der Waals surface area contributed by atoms with Crippen LogP contribution < -0.4 is 10.2 Å². The number of amides is 2. The highest BCUT2D eigenvalue weighted by atomic mass is 16.2. The molecule has 2 amide bonds. The van der Waals surface area contributed by atoms with Gasteiger partial charge < -0.3 is 10.2 Å². The molecule has 1 atom stereocenters. The van der Waals surface area contributed by atoms with Gasteiger partial charge in [0.15, 0.2) is 0 Å². The fourth-order valence-electron chi connectivity index (χ4n) is 2.73. The summed E-state index contributed by atoms with van der Waals surface area (Å²) in [6.45, 7) is 6.33. The average molecular weight is 261 g/mol. The molecular weight excluding hydrogens is 238 g/mol. The Morgan fingerprint density at radius 3 is 2.68 bits per heavy atom. The van der Waals surface area contributed by atoms with Gasteiger partial charge in [-0.3, -0.25) is 4.90 Å². The summed E-state index contributed by atoms with van der Waals surface area (Å²) in [6, 6.07) is 8.65. The summed E-state index contributed by atoms with van der Waals surface area (Å²) in [6.07, 6.45) is 0.959. The topological polar surface area (TPSA) is 35.6 Å². The van der Waals surface area contributed by atoms with E-state index in [2.05, 4.69) is 11.4 Å². The number of benzene rings is 1. The third-order valence-electron chi connectivity index (χ3n) is 3.86. The molecule has 0 radical (unpaired) electrons. The molecule has 0 aliphatic carbocycles. The highest BCUT2D eigenvalue weighted by Gasteiger charge is 2.29. The van der Waals surface area contributed by atoms with Crippen LogP contribution in [0.2, 0.25) is 0 Å². The Hall–Kier alpha value is -1.55. The number of anilines is 1. The van der Waals surface area contributed by atoms with Gasteiger partial charge in [-0.1, -0.05) is 18.2 Å². The van der Waals surface area contributed by atoms with Gasteiger partial charge in [0.1, 0.15) is 0 Å². The number of rotatable bonds is 3. The summed E-state index contributed by atoms with van der Waals surface area (Å²) >= 11 is 0. The van der Waals surface area contributed by atoms with Gasteiger partial charge in [-0.05, 0) is 38.9 Å². The van der Waals surface area contributed by atoms with Crippen LogP contribution in [0.3, 0.4) is 0 Å². The van der Waals surface area contributed by atoms with Crippen molar-refractivity contribution in [2.45, 2.75) is 26.3 Å². The van der Waals surface area contributed by atoms with Crippen LogP contribution in [0.4, 0.5) is 10.5 Å². The van der Waals surface area contributed by atoms with Gasteiger partial charge in [0.2, 0.25) is 0 Å². The van der Waals surface area contributed by atoms with Crippen molar-refractivity contribution in [2.24, 2.45) is 0 Å². The number of nitrogens with zero attached hydrogens (tertiary/aromatic N) is 2. The quantitative estimate of drug-likeness (QED) is 0.908. The van der Waals surface area contributed by atoms with Crippen LogP contribution in [0.5, 0.6) is 0 Å². The van der Waals surface area contributed by atoms with Gasteiger partial charge in [0, 0.05) is 25.7 Å². The Kier molecular flexibility index (Phi) is 4.43. The van der Waals surface area contributed by atoms with Crippen molar-refractivity contribution < 1.29 is 4.79 Å². The third-order valence-corrected chi connectivity index (χ3v) is 3.86. The Labute approximate surface area is 115 Å². The molecule has 19 heavy (non-hydrogen) atoms. The summed E-state index contributed by atoms with van der Waals surface area (Å²) in [4.78, 5) is 16.3. The summed E-state index contributed by atoms with van der Waals surface area (Å²) in [7, 11) is 1.98. The van der Waals surface area contributed by atoms with Gasteiger partial charge in [-0.2, -0.15) is 0 Å². The molecule has 1 aliphatic heterocycles. The molecule has 0 bridgehead atoms. The Morgan fingerprint density at radius 1 is 1.37 bits per heavy atom. The van der Waals surface area contributed by atoms with Crippen LogP contribution >= 0.6 is 0 Å². The highest BCUT2D eigenvalue weighted by molar-refractivity contribution is 5.93. The van der Waals surface area contributed by atoms with E-state index in [-0.39, 0.29) is 6.03 Å². The predicted octanol–water partition coefficient (Wildman–Crippen LogP) is 2.62. The van der Waals surface area contributed by atoms with E-state index < -0.39 is 0 Å². The van der Waals surface area contributed by atoms with Crippen molar-refractivity contribution in [3.05, 3.63) is 29.8 Å². The van der Waals surface area contributed by atoms with Crippen molar-refractivity contribution in [2.75, 3.05) is 31.6 Å². The first-order valence-electron chi connectivity index (χ1n) is 7.05.